The smallest absolute Gasteiger partial charge is 0.123 e. The fourth-order valence-electron chi connectivity index (χ4n) is 1.85. The lowest BCUT2D eigenvalue weighted by molar-refractivity contribution is 0.117. The average molecular weight is 253 g/mol. The molecule has 0 spiro atoms. The highest BCUT2D eigenvalue weighted by Crippen LogP contribution is 2.12. The predicted molar refractivity (Wildman–Crippen MR) is 72.9 cm³/mol. The molecule has 1 unspecified atom stereocenters. The second kappa shape index (κ2) is 9.06. The first kappa shape index (κ1) is 15.1. The van der Waals surface area contributed by atoms with Crippen LogP contribution >= 0.6 is 0 Å². The van der Waals surface area contributed by atoms with Gasteiger partial charge >= 0.3 is 0 Å². The topological polar surface area (TPSA) is 35.2 Å². The first-order valence-electron chi connectivity index (χ1n) is 6.83. The van der Waals surface area contributed by atoms with Crippen LogP contribution in [0.4, 0.5) is 4.39 Å². The van der Waals surface area contributed by atoms with Gasteiger partial charge in [0.15, 0.2) is 0 Å². The van der Waals surface area contributed by atoms with Crippen molar-refractivity contribution in [3.05, 3.63) is 35.6 Å². The van der Waals surface area contributed by atoms with Crippen LogP contribution in [0.3, 0.4) is 0 Å². The SMILES string of the molecule is CCCCCCCOCC(N)c1cccc(F)c1. The summed E-state index contributed by atoms with van der Waals surface area (Å²) in [7, 11) is 0. The van der Waals surface area contributed by atoms with Gasteiger partial charge in [0.1, 0.15) is 5.82 Å². The van der Waals surface area contributed by atoms with E-state index in [1.54, 1.807) is 6.07 Å². The van der Waals surface area contributed by atoms with Gasteiger partial charge in [0.2, 0.25) is 0 Å². The van der Waals surface area contributed by atoms with Crippen LogP contribution in [0.2, 0.25) is 0 Å². The zero-order chi connectivity index (χ0) is 13.2. The van der Waals surface area contributed by atoms with E-state index in [1.807, 2.05) is 6.07 Å². The normalized spacial score (nSPS) is 12.6. The molecule has 0 saturated heterocycles. The molecule has 0 aliphatic rings. The Morgan fingerprint density at radius 1 is 1.22 bits per heavy atom. The molecule has 0 saturated carbocycles. The Labute approximate surface area is 109 Å². The van der Waals surface area contributed by atoms with Gasteiger partial charge in [-0.25, -0.2) is 4.39 Å². The molecule has 1 atom stereocenters. The van der Waals surface area contributed by atoms with Crippen LogP contribution < -0.4 is 5.73 Å². The van der Waals surface area contributed by atoms with Gasteiger partial charge in [-0.1, -0.05) is 44.7 Å². The second-order valence-corrected chi connectivity index (χ2v) is 4.65. The Kier molecular flexibility index (Phi) is 7.62. The van der Waals surface area contributed by atoms with Gasteiger partial charge in [0.05, 0.1) is 12.6 Å². The van der Waals surface area contributed by atoms with Gasteiger partial charge in [0.25, 0.3) is 0 Å². The minimum Gasteiger partial charge on any atom is -0.379 e. The Balaban J connectivity index is 2.12. The number of rotatable bonds is 9. The van der Waals surface area contributed by atoms with Crippen molar-refractivity contribution in [1.82, 2.24) is 0 Å². The highest BCUT2D eigenvalue weighted by atomic mass is 19.1. The first-order valence-corrected chi connectivity index (χ1v) is 6.83. The zero-order valence-corrected chi connectivity index (χ0v) is 11.2. The van der Waals surface area contributed by atoms with E-state index < -0.39 is 0 Å². The van der Waals surface area contributed by atoms with E-state index in [0.29, 0.717) is 6.61 Å². The summed E-state index contributed by atoms with van der Waals surface area (Å²) in [6.45, 7) is 3.40. The molecule has 1 aromatic rings. The Hall–Kier alpha value is -0.930. The third kappa shape index (κ3) is 6.12. The Bertz CT molecular complexity index is 330. The molecule has 3 heteroatoms. The lowest BCUT2D eigenvalue weighted by Gasteiger charge is -2.12. The lowest BCUT2D eigenvalue weighted by atomic mass is 10.1. The molecule has 0 heterocycles. The summed E-state index contributed by atoms with van der Waals surface area (Å²) in [5.41, 5.74) is 6.73. The van der Waals surface area contributed by atoms with Crippen molar-refractivity contribution in [3.63, 3.8) is 0 Å². The molecule has 0 radical (unpaired) electrons. The van der Waals surface area contributed by atoms with Gasteiger partial charge in [-0.3, -0.25) is 0 Å². The number of halogens is 1. The van der Waals surface area contributed by atoms with E-state index in [4.69, 9.17) is 10.5 Å². The molecular formula is C15H24FNO. The average Bonchev–Trinajstić information content (AvgIpc) is 2.37. The van der Waals surface area contributed by atoms with Gasteiger partial charge < -0.3 is 10.5 Å². The van der Waals surface area contributed by atoms with E-state index in [2.05, 4.69) is 6.92 Å². The van der Waals surface area contributed by atoms with Crippen LogP contribution in [0.15, 0.2) is 24.3 Å². The minimum absolute atomic E-state index is 0.239. The van der Waals surface area contributed by atoms with Crippen molar-refractivity contribution in [2.24, 2.45) is 5.73 Å². The number of benzene rings is 1. The third-order valence-corrected chi connectivity index (χ3v) is 2.97. The van der Waals surface area contributed by atoms with Crippen LogP contribution in [0.25, 0.3) is 0 Å². The minimum atomic E-state index is -0.248. The maximum Gasteiger partial charge on any atom is 0.123 e. The monoisotopic (exact) mass is 253 g/mol. The summed E-state index contributed by atoms with van der Waals surface area (Å²) in [5.74, 6) is -0.248. The number of unbranched alkanes of at least 4 members (excludes halogenated alkanes) is 4. The van der Waals surface area contributed by atoms with E-state index in [-0.39, 0.29) is 11.9 Å². The summed E-state index contributed by atoms with van der Waals surface area (Å²) in [6, 6.07) is 6.16. The van der Waals surface area contributed by atoms with E-state index in [0.717, 1.165) is 18.6 Å². The van der Waals surface area contributed by atoms with Gasteiger partial charge in [0, 0.05) is 6.61 Å². The molecule has 0 aromatic heterocycles. The highest BCUT2D eigenvalue weighted by molar-refractivity contribution is 5.19. The summed E-state index contributed by atoms with van der Waals surface area (Å²) in [6.07, 6.45) is 6.11. The van der Waals surface area contributed by atoms with Crippen LogP contribution in [-0.4, -0.2) is 13.2 Å². The van der Waals surface area contributed by atoms with E-state index in [1.165, 1.54) is 37.8 Å². The number of hydrogen-bond acceptors (Lipinski definition) is 2. The molecule has 18 heavy (non-hydrogen) atoms. The second-order valence-electron chi connectivity index (χ2n) is 4.65. The first-order chi connectivity index (χ1) is 8.74. The summed E-state index contributed by atoms with van der Waals surface area (Å²) in [4.78, 5) is 0. The molecule has 102 valence electrons. The molecule has 0 fully saturated rings. The van der Waals surface area contributed by atoms with Crippen molar-refractivity contribution in [2.45, 2.75) is 45.1 Å². The maximum atomic E-state index is 13.0. The third-order valence-electron chi connectivity index (χ3n) is 2.97. The molecule has 2 nitrogen and oxygen atoms in total. The largest absolute Gasteiger partial charge is 0.379 e. The van der Waals surface area contributed by atoms with Gasteiger partial charge in [-0.2, -0.15) is 0 Å². The fourth-order valence-corrected chi connectivity index (χ4v) is 1.85. The van der Waals surface area contributed by atoms with Crippen LogP contribution in [0, 0.1) is 5.82 Å². The van der Waals surface area contributed by atoms with Crippen LogP contribution in [0.1, 0.15) is 50.6 Å². The quantitative estimate of drug-likeness (QED) is 0.679. The maximum absolute atomic E-state index is 13.0. The predicted octanol–water partition coefficient (Wildman–Crippen LogP) is 3.81. The number of hydrogen-bond donors (Lipinski definition) is 1. The molecular weight excluding hydrogens is 229 g/mol. The molecule has 1 aromatic carbocycles. The lowest BCUT2D eigenvalue weighted by Crippen LogP contribution is -2.17. The molecule has 0 bridgehead atoms. The number of ether oxygens (including phenoxy) is 1. The van der Waals surface area contributed by atoms with Crippen molar-refractivity contribution < 1.29 is 9.13 Å². The van der Waals surface area contributed by atoms with Crippen LogP contribution in [0.5, 0.6) is 0 Å². The molecule has 0 aliphatic heterocycles. The summed E-state index contributed by atoms with van der Waals surface area (Å²) >= 11 is 0. The van der Waals surface area contributed by atoms with Gasteiger partial charge in [-0.05, 0) is 24.1 Å². The standard InChI is InChI=1S/C15H24FNO/c1-2-3-4-5-6-10-18-12-15(17)13-8-7-9-14(16)11-13/h7-9,11,15H,2-6,10,12,17H2,1H3. The van der Waals surface area contributed by atoms with Crippen molar-refractivity contribution in [3.8, 4) is 0 Å². The fraction of sp³-hybridized carbons (Fsp3) is 0.600. The van der Waals surface area contributed by atoms with Crippen molar-refractivity contribution in [1.29, 1.82) is 0 Å². The van der Waals surface area contributed by atoms with Gasteiger partial charge in [-0.15, -0.1) is 0 Å². The molecule has 1 rings (SSSR count). The van der Waals surface area contributed by atoms with Crippen LogP contribution in [-0.2, 0) is 4.74 Å². The Morgan fingerprint density at radius 3 is 2.72 bits per heavy atom. The molecule has 0 aliphatic carbocycles. The Morgan fingerprint density at radius 2 is 2.00 bits per heavy atom. The molecule has 2 N–H and O–H groups in total. The summed E-state index contributed by atoms with van der Waals surface area (Å²) in [5, 5.41) is 0. The number of nitrogens with two attached hydrogens (primary N) is 1. The van der Waals surface area contributed by atoms with E-state index >= 15 is 0 Å². The zero-order valence-electron chi connectivity index (χ0n) is 11.2. The highest BCUT2D eigenvalue weighted by Gasteiger charge is 2.06. The van der Waals surface area contributed by atoms with Crippen molar-refractivity contribution >= 4 is 0 Å². The molecule has 0 amide bonds. The van der Waals surface area contributed by atoms with E-state index in [9.17, 15) is 4.39 Å². The summed E-state index contributed by atoms with van der Waals surface area (Å²) < 4.78 is 18.5. The van der Waals surface area contributed by atoms with Crippen molar-refractivity contribution in [2.75, 3.05) is 13.2 Å².